The Kier molecular flexibility index (Phi) is 5.73. The van der Waals surface area contributed by atoms with E-state index in [1.54, 1.807) is 12.3 Å². The van der Waals surface area contributed by atoms with E-state index in [0.29, 0.717) is 0 Å². The highest BCUT2D eigenvalue weighted by atomic mass is 19.1. The first-order valence-corrected chi connectivity index (χ1v) is 7.30. The maximum absolute atomic E-state index is 13.1. The zero-order valence-corrected chi connectivity index (χ0v) is 11.7. The van der Waals surface area contributed by atoms with Gasteiger partial charge in [0.15, 0.2) is 0 Å². The molecule has 1 saturated heterocycles. The normalized spacial score (nSPS) is 17.8. The molecule has 1 aromatic heterocycles. The summed E-state index contributed by atoms with van der Waals surface area (Å²) in [7, 11) is 0. The first-order valence-electron chi connectivity index (χ1n) is 7.30. The molecule has 1 aromatic rings. The van der Waals surface area contributed by atoms with Gasteiger partial charge in [-0.15, -0.1) is 0 Å². The average molecular weight is 265 g/mol. The molecule has 1 fully saturated rings. The van der Waals surface area contributed by atoms with E-state index in [4.69, 9.17) is 0 Å². The lowest BCUT2D eigenvalue weighted by molar-refractivity contribution is 0.175. The summed E-state index contributed by atoms with van der Waals surface area (Å²) >= 11 is 0. The van der Waals surface area contributed by atoms with Crippen LogP contribution in [0.4, 0.5) is 4.39 Å². The van der Waals surface area contributed by atoms with Gasteiger partial charge < -0.3 is 5.32 Å². The van der Waals surface area contributed by atoms with Crippen LogP contribution in [0.25, 0.3) is 0 Å². The van der Waals surface area contributed by atoms with Crippen LogP contribution in [0.2, 0.25) is 0 Å². The Morgan fingerprint density at radius 1 is 1.37 bits per heavy atom. The molecule has 0 bridgehead atoms. The summed E-state index contributed by atoms with van der Waals surface area (Å²) in [5.74, 6) is 0.560. The molecule has 1 aliphatic heterocycles. The third-order valence-corrected chi connectivity index (χ3v) is 3.73. The van der Waals surface area contributed by atoms with E-state index in [9.17, 15) is 4.39 Å². The summed E-state index contributed by atoms with van der Waals surface area (Å²) in [6.07, 6.45) is 6.69. The van der Waals surface area contributed by atoms with Gasteiger partial charge in [0.1, 0.15) is 5.82 Å². The molecule has 0 amide bonds. The number of aromatic nitrogens is 1. The van der Waals surface area contributed by atoms with Crippen LogP contribution < -0.4 is 5.32 Å². The Morgan fingerprint density at radius 2 is 2.16 bits per heavy atom. The van der Waals surface area contributed by atoms with Gasteiger partial charge in [0.25, 0.3) is 0 Å². The van der Waals surface area contributed by atoms with Crippen LogP contribution >= 0.6 is 0 Å². The van der Waals surface area contributed by atoms with Crippen molar-refractivity contribution >= 4 is 0 Å². The monoisotopic (exact) mass is 265 g/mol. The van der Waals surface area contributed by atoms with Crippen LogP contribution in [0.5, 0.6) is 0 Å². The highest BCUT2D eigenvalue weighted by Crippen LogP contribution is 2.18. The van der Waals surface area contributed by atoms with E-state index in [0.717, 1.165) is 44.2 Å². The van der Waals surface area contributed by atoms with E-state index in [1.165, 1.54) is 25.5 Å². The molecule has 2 heterocycles. The lowest BCUT2D eigenvalue weighted by atomic mass is 9.96. The van der Waals surface area contributed by atoms with Crippen molar-refractivity contribution in [2.45, 2.75) is 32.7 Å². The zero-order valence-electron chi connectivity index (χ0n) is 11.7. The van der Waals surface area contributed by atoms with E-state index in [1.807, 2.05) is 0 Å². The van der Waals surface area contributed by atoms with Crippen LogP contribution in [0.1, 0.15) is 31.7 Å². The zero-order chi connectivity index (χ0) is 13.5. The fraction of sp³-hybridized carbons (Fsp3) is 0.667. The number of likely N-dealkylation sites (tertiary alicyclic amines) is 1. The van der Waals surface area contributed by atoms with Gasteiger partial charge in [0.05, 0.1) is 6.20 Å². The summed E-state index contributed by atoms with van der Waals surface area (Å²) in [5, 5.41) is 3.50. The maximum atomic E-state index is 13.1. The van der Waals surface area contributed by atoms with Crippen molar-refractivity contribution < 1.29 is 4.39 Å². The van der Waals surface area contributed by atoms with E-state index in [-0.39, 0.29) is 5.82 Å². The van der Waals surface area contributed by atoms with Crippen LogP contribution in [0.15, 0.2) is 18.5 Å². The SMILES string of the molecule is CCCNCC1CCN(Cc2cncc(F)c2)CC1. The largest absolute Gasteiger partial charge is 0.316 e. The fourth-order valence-corrected chi connectivity index (χ4v) is 2.63. The number of hydrogen-bond donors (Lipinski definition) is 1. The van der Waals surface area contributed by atoms with Gasteiger partial charge in [-0.2, -0.15) is 0 Å². The predicted molar refractivity (Wildman–Crippen MR) is 75.4 cm³/mol. The molecular formula is C15H24FN3. The topological polar surface area (TPSA) is 28.2 Å². The minimum atomic E-state index is -0.240. The summed E-state index contributed by atoms with van der Waals surface area (Å²) in [4.78, 5) is 6.30. The van der Waals surface area contributed by atoms with Crippen LogP contribution in [-0.4, -0.2) is 36.1 Å². The molecule has 0 aliphatic carbocycles. The van der Waals surface area contributed by atoms with Gasteiger partial charge in [0.2, 0.25) is 0 Å². The number of pyridine rings is 1. The Bertz CT molecular complexity index is 375. The molecule has 0 radical (unpaired) electrons. The third kappa shape index (κ3) is 4.88. The molecule has 1 aliphatic rings. The first-order chi connectivity index (χ1) is 9.28. The predicted octanol–water partition coefficient (Wildman–Crippen LogP) is 2.43. The van der Waals surface area contributed by atoms with Gasteiger partial charge in [-0.25, -0.2) is 4.39 Å². The highest BCUT2D eigenvalue weighted by molar-refractivity contribution is 5.10. The molecule has 3 nitrogen and oxygen atoms in total. The maximum Gasteiger partial charge on any atom is 0.141 e. The molecule has 0 aromatic carbocycles. The molecule has 0 saturated carbocycles. The van der Waals surface area contributed by atoms with E-state index >= 15 is 0 Å². The molecule has 0 unspecified atom stereocenters. The summed E-state index contributed by atoms with van der Waals surface area (Å²) in [5.41, 5.74) is 0.975. The van der Waals surface area contributed by atoms with Gasteiger partial charge in [-0.1, -0.05) is 6.92 Å². The summed E-state index contributed by atoms with van der Waals surface area (Å²) < 4.78 is 13.1. The molecule has 1 N–H and O–H groups in total. The molecule has 0 spiro atoms. The van der Waals surface area contributed by atoms with Crippen molar-refractivity contribution in [3.63, 3.8) is 0 Å². The van der Waals surface area contributed by atoms with Crippen molar-refractivity contribution in [2.75, 3.05) is 26.2 Å². The Hall–Kier alpha value is -1.00. The minimum absolute atomic E-state index is 0.240. The second-order valence-corrected chi connectivity index (χ2v) is 5.44. The van der Waals surface area contributed by atoms with Crippen molar-refractivity contribution in [3.8, 4) is 0 Å². The lowest BCUT2D eigenvalue weighted by Gasteiger charge is -2.32. The van der Waals surface area contributed by atoms with Crippen LogP contribution in [0, 0.1) is 11.7 Å². The summed E-state index contributed by atoms with van der Waals surface area (Å²) in [6.45, 7) is 7.49. The molecular weight excluding hydrogens is 241 g/mol. The van der Waals surface area contributed by atoms with Crippen molar-refractivity contribution in [1.82, 2.24) is 15.2 Å². The second kappa shape index (κ2) is 7.56. The molecule has 2 rings (SSSR count). The van der Waals surface area contributed by atoms with Crippen LogP contribution in [-0.2, 0) is 6.54 Å². The molecule has 106 valence electrons. The molecule has 0 atom stereocenters. The number of rotatable bonds is 6. The molecule has 19 heavy (non-hydrogen) atoms. The van der Waals surface area contributed by atoms with Crippen molar-refractivity contribution in [2.24, 2.45) is 5.92 Å². The van der Waals surface area contributed by atoms with Gasteiger partial charge in [-0.3, -0.25) is 9.88 Å². The van der Waals surface area contributed by atoms with E-state index < -0.39 is 0 Å². The minimum Gasteiger partial charge on any atom is -0.316 e. The highest BCUT2D eigenvalue weighted by Gasteiger charge is 2.18. The summed E-state index contributed by atoms with van der Waals surface area (Å²) in [6, 6.07) is 1.59. The third-order valence-electron chi connectivity index (χ3n) is 3.73. The molecule has 4 heteroatoms. The van der Waals surface area contributed by atoms with Gasteiger partial charge in [-0.05, 0) is 63.0 Å². The number of halogens is 1. The van der Waals surface area contributed by atoms with Gasteiger partial charge >= 0.3 is 0 Å². The smallest absolute Gasteiger partial charge is 0.141 e. The second-order valence-electron chi connectivity index (χ2n) is 5.44. The Balaban J connectivity index is 1.71. The van der Waals surface area contributed by atoms with Gasteiger partial charge in [0, 0.05) is 12.7 Å². The fourth-order valence-electron chi connectivity index (χ4n) is 2.63. The standard InChI is InChI=1S/C15H24FN3/c1-2-5-17-9-13-3-6-19(7-4-13)12-14-8-15(16)11-18-10-14/h8,10-11,13,17H,2-7,9,12H2,1H3. The quantitative estimate of drug-likeness (QED) is 0.801. The Morgan fingerprint density at radius 3 is 2.84 bits per heavy atom. The van der Waals surface area contributed by atoms with Crippen molar-refractivity contribution in [1.29, 1.82) is 0 Å². The van der Waals surface area contributed by atoms with E-state index in [2.05, 4.69) is 22.1 Å². The van der Waals surface area contributed by atoms with Crippen LogP contribution in [0.3, 0.4) is 0 Å². The number of nitrogens with one attached hydrogen (secondary N) is 1. The Labute approximate surface area is 115 Å². The number of nitrogens with zero attached hydrogens (tertiary/aromatic N) is 2. The number of hydrogen-bond acceptors (Lipinski definition) is 3. The first kappa shape index (κ1) is 14.4. The number of piperidine rings is 1. The van der Waals surface area contributed by atoms with Crippen molar-refractivity contribution in [3.05, 3.63) is 29.8 Å². The lowest BCUT2D eigenvalue weighted by Crippen LogP contribution is -2.37. The average Bonchev–Trinajstić information content (AvgIpc) is 2.41.